The van der Waals surface area contributed by atoms with E-state index in [9.17, 15) is 4.57 Å². The van der Waals surface area contributed by atoms with Crippen LogP contribution in [0.25, 0.3) is 0 Å². The lowest BCUT2D eigenvalue weighted by Gasteiger charge is -2.18. The van der Waals surface area contributed by atoms with Crippen LogP contribution in [0.15, 0.2) is 48.5 Å². The molecule has 110 valence electrons. The Balaban J connectivity index is 2.23. The van der Waals surface area contributed by atoms with E-state index in [-0.39, 0.29) is 5.41 Å². The van der Waals surface area contributed by atoms with Gasteiger partial charge < -0.3 is 0 Å². The Hall–Kier alpha value is -1.46. The van der Waals surface area contributed by atoms with Crippen LogP contribution >= 0.6 is 7.80 Å². The summed E-state index contributed by atoms with van der Waals surface area (Å²) < 4.78 is 12.6. The van der Waals surface area contributed by atoms with Gasteiger partial charge in [0.05, 0.1) is 0 Å². The van der Waals surface area contributed by atoms with E-state index in [0.717, 1.165) is 10.6 Å². The monoisotopic (exact) mass is 299 g/mol. The number of hydrogen-bond donors (Lipinski definition) is 0. The van der Waals surface area contributed by atoms with Gasteiger partial charge in [-0.3, -0.25) is 0 Å². The second-order valence-corrected chi connectivity index (χ2v) is 8.46. The molecule has 2 aromatic rings. The summed E-state index contributed by atoms with van der Waals surface area (Å²) in [6.07, 6.45) is 0. The zero-order chi connectivity index (χ0) is 15.6. The lowest BCUT2D eigenvalue weighted by atomic mass is 9.87. The van der Waals surface area contributed by atoms with Crippen molar-refractivity contribution in [2.24, 2.45) is 0 Å². The highest BCUT2D eigenvalue weighted by atomic mass is 31.1. The summed E-state index contributed by atoms with van der Waals surface area (Å²) in [4.78, 5) is 0. The molecular weight excluding hydrogens is 275 g/mol. The molecule has 2 aromatic carbocycles. The van der Waals surface area contributed by atoms with Crippen molar-refractivity contribution in [2.45, 2.75) is 46.0 Å². The molecule has 0 aromatic heterocycles. The van der Waals surface area contributed by atoms with Crippen LogP contribution < -0.4 is 10.6 Å². The SMILES string of the molecule is CC(C)c1ccc([P+](=O)c2ccc(C(C)(C)C)cc2)cc1. The standard InChI is InChI=1S/C19H24OP/c1-14(2)15-6-10-17(11-7-15)21(20)18-12-8-16(9-13-18)19(3,4)5/h6-14H,1-5H3/q+1. The molecule has 2 rings (SSSR count). The van der Waals surface area contributed by atoms with Crippen molar-refractivity contribution < 1.29 is 4.57 Å². The van der Waals surface area contributed by atoms with Gasteiger partial charge in [-0.1, -0.05) is 63.4 Å². The van der Waals surface area contributed by atoms with Crippen LogP contribution in [0.5, 0.6) is 0 Å². The summed E-state index contributed by atoms with van der Waals surface area (Å²) in [5, 5.41) is 1.80. The van der Waals surface area contributed by atoms with Crippen molar-refractivity contribution >= 4 is 18.4 Å². The van der Waals surface area contributed by atoms with E-state index in [0.29, 0.717) is 5.92 Å². The summed E-state index contributed by atoms with van der Waals surface area (Å²) in [7, 11) is -1.50. The molecule has 0 amide bonds. The molecule has 0 spiro atoms. The van der Waals surface area contributed by atoms with Gasteiger partial charge in [-0.15, -0.1) is 0 Å². The molecule has 0 saturated heterocycles. The van der Waals surface area contributed by atoms with Crippen molar-refractivity contribution in [3.63, 3.8) is 0 Å². The van der Waals surface area contributed by atoms with Crippen LogP contribution in [-0.2, 0) is 9.98 Å². The first-order valence-corrected chi connectivity index (χ1v) is 8.73. The van der Waals surface area contributed by atoms with E-state index < -0.39 is 7.80 Å². The van der Waals surface area contributed by atoms with Crippen molar-refractivity contribution in [3.8, 4) is 0 Å². The summed E-state index contributed by atoms with van der Waals surface area (Å²) >= 11 is 0. The van der Waals surface area contributed by atoms with Crippen LogP contribution in [0, 0.1) is 0 Å². The van der Waals surface area contributed by atoms with Crippen molar-refractivity contribution in [1.29, 1.82) is 0 Å². The van der Waals surface area contributed by atoms with Gasteiger partial charge in [-0.2, -0.15) is 0 Å². The Kier molecular flexibility index (Phi) is 4.64. The molecule has 0 fully saturated rings. The van der Waals surface area contributed by atoms with E-state index in [1.54, 1.807) is 0 Å². The third-order valence-corrected chi connectivity index (χ3v) is 5.30. The van der Waals surface area contributed by atoms with E-state index in [1.807, 2.05) is 24.3 Å². The minimum atomic E-state index is -1.50. The van der Waals surface area contributed by atoms with E-state index in [2.05, 4.69) is 58.9 Å². The van der Waals surface area contributed by atoms with E-state index >= 15 is 0 Å². The normalized spacial score (nSPS) is 12.6. The molecule has 0 radical (unpaired) electrons. The molecule has 1 unspecified atom stereocenters. The topological polar surface area (TPSA) is 17.1 Å². The fourth-order valence-electron chi connectivity index (χ4n) is 2.24. The smallest absolute Gasteiger partial charge is 0.0613 e. The molecule has 0 aliphatic carbocycles. The Morgan fingerprint density at radius 1 is 0.810 bits per heavy atom. The first kappa shape index (κ1) is 15.9. The van der Waals surface area contributed by atoms with E-state index in [4.69, 9.17) is 0 Å². The first-order valence-electron chi connectivity index (χ1n) is 7.47. The lowest BCUT2D eigenvalue weighted by molar-refractivity contribution is 0.590. The van der Waals surface area contributed by atoms with Gasteiger partial charge in [0.2, 0.25) is 0 Å². The van der Waals surface area contributed by atoms with E-state index in [1.165, 1.54) is 11.1 Å². The van der Waals surface area contributed by atoms with Crippen molar-refractivity contribution in [1.82, 2.24) is 0 Å². The molecule has 0 N–H and O–H groups in total. The molecule has 1 atom stereocenters. The Labute approximate surface area is 129 Å². The van der Waals surface area contributed by atoms with Crippen LogP contribution in [0.2, 0.25) is 0 Å². The molecule has 0 aliphatic rings. The molecule has 0 bridgehead atoms. The van der Waals surface area contributed by atoms with Crippen LogP contribution in [0.3, 0.4) is 0 Å². The zero-order valence-corrected chi connectivity index (χ0v) is 14.4. The lowest BCUT2D eigenvalue weighted by Crippen LogP contribution is -2.13. The fourth-order valence-corrected chi connectivity index (χ4v) is 3.38. The summed E-state index contributed by atoms with van der Waals surface area (Å²) in [5.74, 6) is 0.503. The largest absolute Gasteiger partial charge is 0.415 e. The molecule has 0 saturated carbocycles. The molecule has 0 heterocycles. The van der Waals surface area contributed by atoms with Crippen LogP contribution in [0.4, 0.5) is 0 Å². The van der Waals surface area contributed by atoms with Gasteiger partial charge in [0, 0.05) is 0 Å². The highest BCUT2D eigenvalue weighted by molar-refractivity contribution is 7.61. The second-order valence-electron chi connectivity index (χ2n) is 6.84. The number of hydrogen-bond acceptors (Lipinski definition) is 1. The Bertz CT molecular complexity index is 616. The summed E-state index contributed by atoms with van der Waals surface area (Å²) in [5.41, 5.74) is 2.68. The van der Waals surface area contributed by atoms with Gasteiger partial charge in [-0.25, -0.2) is 0 Å². The molecule has 0 aliphatic heterocycles. The number of benzene rings is 2. The summed E-state index contributed by atoms with van der Waals surface area (Å²) in [6.45, 7) is 10.9. The minimum absolute atomic E-state index is 0.128. The maximum Gasteiger partial charge on any atom is 0.415 e. The van der Waals surface area contributed by atoms with Crippen LogP contribution in [-0.4, -0.2) is 0 Å². The molecule has 1 nitrogen and oxygen atoms in total. The summed E-state index contributed by atoms with van der Waals surface area (Å²) in [6, 6.07) is 16.3. The molecular formula is C19H24OP+. The third kappa shape index (κ3) is 3.80. The van der Waals surface area contributed by atoms with Crippen molar-refractivity contribution in [3.05, 3.63) is 59.7 Å². The maximum absolute atomic E-state index is 12.6. The zero-order valence-electron chi connectivity index (χ0n) is 13.6. The highest BCUT2D eigenvalue weighted by Gasteiger charge is 2.24. The van der Waals surface area contributed by atoms with Gasteiger partial charge in [-0.05, 0) is 46.7 Å². The average molecular weight is 299 g/mol. The molecule has 21 heavy (non-hydrogen) atoms. The van der Waals surface area contributed by atoms with Gasteiger partial charge >= 0.3 is 7.80 Å². The predicted octanol–water partition coefficient (Wildman–Crippen LogP) is 4.89. The predicted molar refractivity (Wildman–Crippen MR) is 92.5 cm³/mol. The van der Waals surface area contributed by atoms with Crippen LogP contribution in [0.1, 0.15) is 51.7 Å². The van der Waals surface area contributed by atoms with Gasteiger partial charge in [0.25, 0.3) is 0 Å². The highest BCUT2D eigenvalue weighted by Crippen LogP contribution is 2.25. The second kappa shape index (κ2) is 6.12. The van der Waals surface area contributed by atoms with Crippen molar-refractivity contribution in [2.75, 3.05) is 0 Å². The fraction of sp³-hybridized carbons (Fsp3) is 0.368. The molecule has 2 heteroatoms. The quantitative estimate of drug-likeness (QED) is 0.738. The minimum Gasteiger partial charge on any atom is -0.0613 e. The number of rotatable bonds is 3. The third-order valence-electron chi connectivity index (χ3n) is 3.76. The first-order chi connectivity index (χ1) is 9.79. The van der Waals surface area contributed by atoms with Gasteiger partial charge in [0.1, 0.15) is 0 Å². The Morgan fingerprint density at radius 2 is 1.24 bits per heavy atom. The maximum atomic E-state index is 12.6. The van der Waals surface area contributed by atoms with Gasteiger partial charge in [0.15, 0.2) is 10.6 Å². The Morgan fingerprint density at radius 3 is 1.62 bits per heavy atom. The average Bonchev–Trinajstić information content (AvgIpc) is 2.46.